The minimum absolute atomic E-state index is 0.0882. The number of aliphatic hydroxyl groups excluding tert-OH is 6. The molecule has 40 heavy (non-hydrogen) atoms. The second kappa shape index (κ2) is 13.5. The predicted octanol–water partition coefficient (Wildman–Crippen LogP) is -5.37. The van der Waals surface area contributed by atoms with Gasteiger partial charge in [-0.15, -0.1) is 0 Å². The van der Waals surface area contributed by atoms with E-state index in [-0.39, 0.29) is 25.3 Å². The maximum Gasteiger partial charge on any atom is 0.215 e. The molecule has 16 nitrogen and oxygen atoms in total. The van der Waals surface area contributed by atoms with E-state index in [2.05, 4.69) is 0 Å². The SMILES string of the molecule is C[C@H]1[C@@H](O[C@H]2[C@@H](O)[C@H](O[C@@H]3[C@@H](O)[C@H](N)C[C@H](N)[C@H]3O[C@H]3OC(CO)=CC[C@H]3N)O[C@@H]2CO)O[C@@H](CN)[C@@H](O)[C@@H]1O. The summed E-state index contributed by atoms with van der Waals surface area (Å²) in [5.74, 6) is -0.435. The van der Waals surface area contributed by atoms with Gasteiger partial charge in [-0.2, -0.15) is 0 Å². The summed E-state index contributed by atoms with van der Waals surface area (Å²) in [6.45, 7) is 0.582. The smallest absolute Gasteiger partial charge is 0.215 e. The second-order valence-corrected chi connectivity index (χ2v) is 10.9. The van der Waals surface area contributed by atoms with Crippen LogP contribution in [0.5, 0.6) is 0 Å². The van der Waals surface area contributed by atoms with Crippen molar-refractivity contribution < 1.29 is 59.1 Å². The van der Waals surface area contributed by atoms with Crippen LogP contribution in [0.3, 0.4) is 0 Å². The third-order valence-corrected chi connectivity index (χ3v) is 8.04. The normalized spacial score (nSPS) is 49.9. The van der Waals surface area contributed by atoms with Gasteiger partial charge in [0.05, 0.1) is 24.9 Å². The van der Waals surface area contributed by atoms with E-state index >= 15 is 0 Å². The first-order valence-corrected chi connectivity index (χ1v) is 13.5. The molecule has 4 rings (SSSR count). The molecule has 4 aliphatic rings. The number of aliphatic hydroxyl groups is 6. The van der Waals surface area contributed by atoms with Crippen LogP contribution in [0.15, 0.2) is 11.8 Å². The molecule has 3 aliphatic heterocycles. The molecule has 0 unspecified atom stereocenters. The lowest BCUT2D eigenvalue weighted by Crippen LogP contribution is -2.65. The Bertz CT molecular complexity index is 857. The highest BCUT2D eigenvalue weighted by Crippen LogP contribution is 2.35. The van der Waals surface area contributed by atoms with Crippen LogP contribution >= 0.6 is 0 Å². The Balaban J connectivity index is 1.48. The van der Waals surface area contributed by atoms with Gasteiger partial charge in [0, 0.05) is 24.5 Å². The van der Waals surface area contributed by atoms with Crippen molar-refractivity contribution in [2.45, 2.75) is 112 Å². The van der Waals surface area contributed by atoms with Crippen molar-refractivity contribution in [1.29, 1.82) is 0 Å². The lowest BCUT2D eigenvalue weighted by atomic mass is 9.84. The first kappa shape index (κ1) is 31.9. The van der Waals surface area contributed by atoms with Crippen LogP contribution < -0.4 is 22.9 Å². The first-order valence-electron chi connectivity index (χ1n) is 13.5. The van der Waals surface area contributed by atoms with Gasteiger partial charge in [-0.1, -0.05) is 6.92 Å². The van der Waals surface area contributed by atoms with Crippen molar-refractivity contribution in [2.24, 2.45) is 28.9 Å². The molecule has 0 bridgehead atoms. The van der Waals surface area contributed by atoms with Crippen molar-refractivity contribution in [1.82, 2.24) is 0 Å². The van der Waals surface area contributed by atoms with E-state index in [0.717, 1.165) is 0 Å². The topological polar surface area (TPSA) is 281 Å². The Morgan fingerprint density at radius 3 is 2.08 bits per heavy atom. The quantitative estimate of drug-likeness (QED) is 0.122. The van der Waals surface area contributed by atoms with Crippen LogP contribution in [-0.4, -0.2) is 142 Å². The number of rotatable bonds is 9. The second-order valence-electron chi connectivity index (χ2n) is 10.9. The van der Waals surface area contributed by atoms with E-state index in [1.807, 2.05) is 0 Å². The van der Waals surface area contributed by atoms with Crippen LogP contribution in [0.25, 0.3) is 0 Å². The van der Waals surface area contributed by atoms with Crippen LogP contribution in [0.2, 0.25) is 0 Å². The van der Waals surface area contributed by atoms with Crippen LogP contribution in [0.4, 0.5) is 0 Å². The molecule has 0 aromatic carbocycles. The summed E-state index contributed by atoms with van der Waals surface area (Å²) in [5.41, 5.74) is 24.2. The fourth-order valence-electron chi connectivity index (χ4n) is 5.52. The summed E-state index contributed by atoms with van der Waals surface area (Å²) in [6, 6.07) is -2.10. The number of nitrogens with two attached hydrogens (primary N) is 4. The van der Waals surface area contributed by atoms with Crippen molar-refractivity contribution in [2.75, 3.05) is 19.8 Å². The summed E-state index contributed by atoms with van der Waals surface area (Å²) in [4.78, 5) is 0. The molecular formula is C24H44N4O12. The van der Waals surface area contributed by atoms with Gasteiger partial charge in [0.15, 0.2) is 12.6 Å². The fraction of sp³-hybridized carbons (Fsp3) is 0.917. The third kappa shape index (κ3) is 6.46. The molecule has 0 spiro atoms. The molecule has 232 valence electrons. The molecule has 1 saturated carbocycles. The van der Waals surface area contributed by atoms with Crippen molar-refractivity contribution >= 4 is 0 Å². The van der Waals surface area contributed by atoms with Gasteiger partial charge in [-0.3, -0.25) is 0 Å². The largest absolute Gasteiger partial charge is 0.465 e. The average molecular weight is 581 g/mol. The highest BCUT2D eigenvalue weighted by molar-refractivity contribution is 5.03. The molecule has 3 heterocycles. The Morgan fingerprint density at radius 1 is 0.775 bits per heavy atom. The fourth-order valence-corrected chi connectivity index (χ4v) is 5.52. The zero-order chi connectivity index (χ0) is 29.3. The van der Waals surface area contributed by atoms with E-state index in [4.69, 9.17) is 51.4 Å². The summed E-state index contributed by atoms with van der Waals surface area (Å²) in [6.07, 6.45) is -11.9. The van der Waals surface area contributed by atoms with E-state index < -0.39 is 104 Å². The van der Waals surface area contributed by atoms with Gasteiger partial charge < -0.3 is 82.0 Å². The Labute approximate surface area is 231 Å². The lowest BCUT2D eigenvalue weighted by Gasteiger charge is -2.45. The molecule has 3 fully saturated rings. The molecule has 2 saturated heterocycles. The molecule has 14 N–H and O–H groups in total. The van der Waals surface area contributed by atoms with E-state index in [1.165, 1.54) is 0 Å². The molecule has 1 aliphatic carbocycles. The first-order chi connectivity index (χ1) is 19.0. The molecule has 0 aromatic heterocycles. The molecule has 0 aromatic rings. The molecule has 0 amide bonds. The van der Waals surface area contributed by atoms with Gasteiger partial charge >= 0.3 is 0 Å². The Morgan fingerprint density at radius 2 is 1.43 bits per heavy atom. The average Bonchev–Trinajstić information content (AvgIpc) is 3.23. The van der Waals surface area contributed by atoms with E-state index in [1.54, 1.807) is 13.0 Å². The van der Waals surface area contributed by atoms with Crippen molar-refractivity contribution in [3.8, 4) is 0 Å². The molecule has 0 radical (unpaired) electrons. The molecule has 16 atom stereocenters. The standard InChI is InChI=1S/C24H44N4O12/c1-8-15(31)17(33)13(5-25)36-22(8)39-20-14(7-30)37-24(18(20)34)40-21-16(32)11(27)4-12(28)19(21)38-23-10(26)3-2-9(6-29)35-23/h2,8,10-24,29-34H,3-7,25-28H2,1H3/t8-,10-,11-,12+,13+,14-,15-,16+,17-,18-,19-,20-,21-,22-,23-,24+/m1/s1. The number of hydrogen-bond donors (Lipinski definition) is 10. The van der Waals surface area contributed by atoms with Crippen LogP contribution in [-0.2, 0) is 28.4 Å². The van der Waals surface area contributed by atoms with E-state index in [0.29, 0.717) is 6.42 Å². The zero-order valence-corrected chi connectivity index (χ0v) is 22.3. The van der Waals surface area contributed by atoms with Crippen LogP contribution in [0.1, 0.15) is 19.8 Å². The monoisotopic (exact) mass is 580 g/mol. The third-order valence-electron chi connectivity index (χ3n) is 8.04. The lowest BCUT2D eigenvalue weighted by molar-refractivity contribution is -0.296. The van der Waals surface area contributed by atoms with Gasteiger partial charge in [0.2, 0.25) is 6.29 Å². The summed E-state index contributed by atoms with van der Waals surface area (Å²) in [7, 11) is 0. The van der Waals surface area contributed by atoms with Crippen molar-refractivity contribution in [3.05, 3.63) is 11.8 Å². The van der Waals surface area contributed by atoms with Gasteiger partial charge in [-0.05, 0) is 18.9 Å². The maximum atomic E-state index is 11.1. The molecule has 16 heteroatoms. The van der Waals surface area contributed by atoms with Crippen LogP contribution in [0, 0.1) is 5.92 Å². The number of ether oxygens (including phenoxy) is 6. The predicted molar refractivity (Wildman–Crippen MR) is 134 cm³/mol. The number of hydrogen-bond acceptors (Lipinski definition) is 16. The van der Waals surface area contributed by atoms with Crippen molar-refractivity contribution in [3.63, 3.8) is 0 Å². The summed E-state index contributed by atoms with van der Waals surface area (Å²) >= 11 is 0. The highest BCUT2D eigenvalue weighted by atomic mass is 16.8. The van der Waals surface area contributed by atoms with E-state index in [9.17, 15) is 30.6 Å². The molecular weight excluding hydrogens is 536 g/mol. The maximum absolute atomic E-state index is 11.1. The Kier molecular flexibility index (Phi) is 10.8. The van der Waals surface area contributed by atoms with Gasteiger partial charge in [0.1, 0.15) is 55.1 Å². The van der Waals surface area contributed by atoms with Gasteiger partial charge in [0.25, 0.3) is 0 Å². The Hall–Kier alpha value is -1.06. The summed E-state index contributed by atoms with van der Waals surface area (Å²) < 4.78 is 35.1. The van der Waals surface area contributed by atoms with Gasteiger partial charge in [-0.25, -0.2) is 0 Å². The zero-order valence-electron chi connectivity index (χ0n) is 22.3. The minimum Gasteiger partial charge on any atom is -0.465 e. The summed E-state index contributed by atoms with van der Waals surface area (Å²) in [5, 5.41) is 62.1. The highest BCUT2D eigenvalue weighted by Gasteiger charge is 2.53. The minimum atomic E-state index is -1.49.